The summed E-state index contributed by atoms with van der Waals surface area (Å²) in [4.78, 5) is 0. The van der Waals surface area contributed by atoms with Crippen molar-refractivity contribution in [1.82, 2.24) is 5.32 Å². The maximum atomic E-state index is 5.12. The van der Waals surface area contributed by atoms with Gasteiger partial charge in [-0.25, -0.2) is 0 Å². The summed E-state index contributed by atoms with van der Waals surface area (Å²) in [5.74, 6) is 0. The van der Waals surface area contributed by atoms with Gasteiger partial charge in [0.25, 0.3) is 0 Å². The summed E-state index contributed by atoms with van der Waals surface area (Å²) >= 11 is 0. The van der Waals surface area contributed by atoms with Crippen LogP contribution in [0, 0.1) is 0 Å². The number of nitrogens with one attached hydrogen (secondary N) is 1. The minimum absolute atomic E-state index is 0.184. The minimum Gasteiger partial charge on any atom is -0.384 e. The molecule has 1 aromatic rings. The number of hydrogen-bond donors (Lipinski definition) is 1. The number of hydrogen-bond acceptors (Lipinski definition) is 2. The van der Waals surface area contributed by atoms with Crippen LogP contribution in [0.2, 0.25) is 0 Å². The van der Waals surface area contributed by atoms with Crippen LogP contribution >= 0.6 is 0 Å². The van der Waals surface area contributed by atoms with Crippen LogP contribution in [0.15, 0.2) is 24.3 Å². The van der Waals surface area contributed by atoms with E-state index in [4.69, 9.17) is 4.74 Å². The lowest BCUT2D eigenvalue weighted by Crippen LogP contribution is -2.33. The first-order chi connectivity index (χ1) is 7.74. The fourth-order valence-corrected chi connectivity index (χ4v) is 2.43. The molecular weight excluding hydrogens is 198 g/mol. The van der Waals surface area contributed by atoms with Crippen LogP contribution in [-0.4, -0.2) is 20.3 Å². The highest BCUT2D eigenvalue weighted by molar-refractivity contribution is 5.30. The monoisotopic (exact) mass is 219 g/mol. The molecule has 0 aliphatic carbocycles. The smallest absolute Gasteiger partial charge is 0.0502 e. The van der Waals surface area contributed by atoms with E-state index in [0.29, 0.717) is 0 Å². The quantitative estimate of drug-likeness (QED) is 0.840. The number of methoxy groups -OCH3 is 1. The van der Waals surface area contributed by atoms with Gasteiger partial charge in [-0.2, -0.15) is 0 Å². The summed E-state index contributed by atoms with van der Waals surface area (Å²) < 4.78 is 5.12. The molecule has 2 heteroatoms. The van der Waals surface area contributed by atoms with Crippen molar-refractivity contribution in [3.63, 3.8) is 0 Å². The highest BCUT2D eigenvalue weighted by atomic mass is 16.5. The molecule has 1 unspecified atom stereocenters. The molecule has 0 aromatic heterocycles. The maximum Gasteiger partial charge on any atom is 0.0502 e. The molecule has 0 radical (unpaired) electrons. The molecule has 1 aromatic carbocycles. The van der Waals surface area contributed by atoms with E-state index in [0.717, 1.165) is 19.6 Å². The highest BCUT2D eigenvalue weighted by Gasteiger charge is 2.29. The molecule has 2 nitrogen and oxygen atoms in total. The third kappa shape index (κ3) is 2.45. The van der Waals surface area contributed by atoms with Crippen molar-refractivity contribution >= 4 is 0 Å². The van der Waals surface area contributed by atoms with Crippen molar-refractivity contribution in [2.75, 3.05) is 20.3 Å². The second kappa shape index (κ2) is 4.98. The number of ether oxygens (including phenoxy) is 1. The summed E-state index contributed by atoms with van der Waals surface area (Å²) in [5, 5.41) is 3.60. The number of benzene rings is 1. The largest absolute Gasteiger partial charge is 0.384 e. The van der Waals surface area contributed by atoms with E-state index in [1.807, 2.05) is 0 Å². The summed E-state index contributed by atoms with van der Waals surface area (Å²) in [5.41, 5.74) is 2.97. The normalized spacial score (nSPS) is 24.9. The zero-order valence-corrected chi connectivity index (χ0v) is 10.3. The van der Waals surface area contributed by atoms with Crippen LogP contribution in [0.4, 0.5) is 0 Å². The van der Waals surface area contributed by atoms with E-state index in [1.165, 1.54) is 24.0 Å². The average molecular weight is 219 g/mol. The lowest BCUT2D eigenvalue weighted by molar-refractivity contribution is 0.202. The fraction of sp³-hybridized carbons (Fsp3) is 0.571. The zero-order chi connectivity index (χ0) is 11.4. The minimum atomic E-state index is 0.184. The molecule has 0 saturated carbocycles. The summed E-state index contributed by atoms with van der Waals surface area (Å²) in [7, 11) is 1.75. The van der Waals surface area contributed by atoms with E-state index >= 15 is 0 Å². The Labute approximate surface area is 98.0 Å². The first kappa shape index (κ1) is 11.6. The second-order valence-electron chi connectivity index (χ2n) is 4.81. The molecular formula is C14H21NO. The van der Waals surface area contributed by atoms with Crippen LogP contribution in [0.3, 0.4) is 0 Å². The van der Waals surface area contributed by atoms with Crippen LogP contribution in [0.1, 0.15) is 30.9 Å². The molecule has 1 fully saturated rings. The standard InChI is InChI=1S/C14H21NO/c1-14(8-4-9-15-14)13-6-3-5-12(11-13)7-10-16-2/h3,5-6,11,15H,4,7-10H2,1-2H3. The Morgan fingerprint density at radius 2 is 2.31 bits per heavy atom. The Morgan fingerprint density at radius 3 is 3.00 bits per heavy atom. The van der Waals surface area contributed by atoms with Gasteiger partial charge in [-0.05, 0) is 43.9 Å². The summed E-state index contributed by atoms with van der Waals surface area (Å²) in [6, 6.07) is 8.89. The third-order valence-electron chi connectivity index (χ3n) is 3.53. The van der Waals surface area contributed by atoms with Gasteiger partial charge in [-0.3, -0.25) is 0 Å². The fourth-order valence-electron chi connectivity index (χ4n) is 2.43. The van der Waals surface area contributed by atoms with Crippen molar-refractivity contribution < 1.29 is 4.74 Å². The van der Waals surface area contributed by atoms with Gasteiger partial charge < -0.3 is 10.1 Å². The molecule has 0 amide bonds. The van der Waals surface area contributed by atoms with Crippen LogP contribution < -0.4 is 5.32 Å². The molecule has 1 aliphatic rings. The Hall–Kier alpha value is -0.860. The summed E-state index contributed by atoms with van der Waals surface area (Å²) in [6.45, 7) is 4.24. The maximum absolute atomic E-state index is 5.12. The highest BCUT2D eigenvalue weighted by Crippen LogP contribution is 2.30. The van der Waals surface area contributed by atoms with Gasteiger partial charge in [-0.1, -0.05) is 24.3 Å². The van der Waals surface area contributed by atoms with Crippen LogP contribution in [-0.2, 0) is 16.7 Å². The molecule has 1 aliphatic heterocycles. The van der Waals surface area contributed by atoms with Gasteiger partial charge in [0.2, 0.25) is 0 Å². The van der Waals surface area contributed by atoms with E-state index in [9.17, 15) is 0 Å². The number of rotatable bonds is 4. The first-order valence-corrected chi connectivity index (χ1v) is 6.08. The van der Waals surface area contributed by atoms with Gasteiger partial charge in [0, 0.05) is 12.6 Å². The predicted molar refractivity (Wildman–Crippen MR) is 66.6 cm³/mol. The van der Waals surface area contributed by atoms with E-state index in [2.05, 4.69) is 36.5 Å². The molecule has 1 atom stereocenters. The third-order valence-corrected chi connectivity index (χ3v) is 3.53. The first-order valence-electron chi connectivity index (χ1n) is 6.08. The molecule has 0 spiro atoms. The molecule has 16 heavy (non-hydrogen) atoms. The zero-order valence-electron chi connectivity index (χ0n) is 10.3. The van der Waals surface area contributed by atoms with E-state index < -0.39 is 0 Å². The molecule has 88 valence electrons. The van der Waals surface area contributed by atoms with Gasteiger partial charge >= 0.3 is 0 Å². The van der Waals surface area contributed by atoms with Gasteiger partial charge in [0.15, 0.2) is 0 Å². The van der Waals surface area contributed by atoms with Crippen molar-refractivity contribution in [2.45, 2.75) is 31.7 Å². The molecule has 1 N–H and O–H groups in total. The Bertz CT molecular complexity index is 342. The Kier molecular flexibility index (Phi) is 3.62. The van der Waals surface area contributed by atoms with Crippen molar-refractivity contribution in [2.24, 2.45) is 0 Å². The van der Waals surface area contributed by atoms with Crippen molar-refractivity contribution in [3.05, 3.63) is 35.4 Å². The Balaban J connectivity index is 2.15. The Morgan fingerprint density at radius 1 is 1.44 bits per heavy atom. The average Bonchev–Trinajstić information content (AvgIpc) is 2.75. The van der Waals surface area contributed by atoms with E-state index in [-0.39, 0.29) is 5.54 Å². The van der Waals surface area contributed by atoms with Crippen LogP contribution in [0.5, 0.6) is 0 Å². The predicted octanol–water partition coefficient (Wildman–Crippen LogP) is 2.47. The SMILES string of the molecule is COCCc1cccc(C2(C)CCCN2)c1. The van der Waals surface area contributed by atoms with Gasteiger partial charge in [0.1, 0.15) is 0 Å². The molecule has 2 rings (SSSR count). The van der Waals surface area contributed by atoms with Crippen molar-refractivity contribution in [3.8, 4) is 0 Å². The molecule has 1 heterocycles. The molecule has 0 bridgehead atoms. The summed E-state index contributed by atoms with van der Waals surface area (Å²) in [6.07, 6.45) is 3.51. The van der Waals surface area contributed by atoms with Crippen molar-refractivity contribution in [1.29, 1.82) is 0 Å². The van der Waals surface area contributed by atoms with Gasteiger partial charge in [-0.15, -0.1) is 0 Å². The topological polar surface area (TPSA) is 21.3 Å². The molecule has 1 saturated heterocycles. The second-order valence-corrected chi connectivity index (χ2v) is 4.81. The lowest BCUT2D eigenvalue weighted by Gasteiger charge is -2.25. The van der Waals surface area contributed by atoms with Crippen LogP contribution in [0.25, 0.3) is 0 Å². The van der Waals surface area contributed by atoms with Gasteiger partial charge in [0.05, 0.1) is 6.61 Å². The lowest BCUT2D eigenvalue weighted by atomic mass is 9.89. The van der Waals surface area contributed by atoms with E-state index in [1.54, 1.807) is 7.11 Å².